The molecule has 4 radical (unpaired) electrons. The first kappa shape index (κ1) is 24.7. The molecule has 9 nitrogen and oxygen atoms in total. The molecule has 190 valence electrons. The number of aryl methyl sites for hydroxylation is 2. The van der Waals surface area contributed by atoms with E-state index in [0.29, 0.717) is 30.5 Å². The lowest BCUT2D eigenvalue weighted by molar-refractivity contribution is -0.0178. The van der Waals surface area contributed by atoms with Gasteiger partial charge in [0.05, 0.1) is 41.8 Å². The minimum Gasteiger partial charge on any atom is -0.508 e. The lowest BCUT2D eigenvalue weighted by Gasteiger charge is -2.36. The summed E-state index contributed by atoms with van der Waals surface area (Å²) in [7, 11) is 11.4. The van der Waals surface area contributed by atoms with Crippen LogP contribution in [0.2, 0.25) is 0 Å². The second kappa shape index (κ2) is 9.00. The maximum absolute atomic E-state index is 15.4. The van der Waals surface area contributed by atoms with Crippen molar-refractivity contribution < 1.29 is 18.6 Å². The Labute approximate surface area is 220 Å². The van der Waals surface area contributed by atoms with Gasteiger partial charge in [0, 0.05) is 18.3 Å². The molecule has 4 aromatic rings. The smallest absolute Gasteiger partial charge is 0.228 e. The molecule has 2 unspecified atom stereocenters. The average Bonchev–Trinajstić information content (AvgIpc) is 3.63. The Kier molecular flexibility index (Phi) is 5.86. The predicted octanol–water partition coefficient (Wildman–Crippen LogP) is 1.77. The molecular weight excluding hydrogens is 490 g/mol. The molecule has 1 aliphatic heterocycles. The number of fused-ring (bicyclic) bond motifs is 1. The third kappa shape index (κ3) is 4.09. The SMILES string of the molecule is [B]c1c(O)c(-c2nc(N3CC(C)OC(c4cnn(C5CC5)c4)C3)nc3nc(C)c(C)nc23)c(F)c([B])c1F. The van der Waals surface area contributed by atoms with E-state index in [9.17, 15) is 9.50 Å². The zero-order valence-corrected chi connectivity index (χ0v) is 21.1. The molecular formula is C25H23B2F2N7O2. The molecule has 0 amide bonds. The molecule has 38 heavy (non-hydrogen) atoms. The number of rotatable bonds is 4. The van der Waals surface area contributed by atoms with Gasteiger partial charge in [-0.25, -0.2) is 23.7 Å². The summed E-state index contributed by atoms with van der Waals surface area (Å²) in [6.07, 6.45) is 5.55. The number of morpholine rings is 1. The van der Waals surface area contributed by atoms with E-state index in [1.165, 1.54) is 0 Å². The average molecular weight is 513 g/mol. The summed E-state index contributed by atoms with van der Waals surface area (Å²) in [5.41, 5.74) is 0.365. The monoisotopic (exact) mass is 513 g/mol. The standard InChI is InChI=1S/C25H23B2F2N7O2/c1-10-7-35(9-15(38-10)13-6-30-36(8-13)14-4-5-14)25-33-21(22-24(34-25)32-12(3)11(2)31-22)16-19(28)17(26)20(29)18(27)23(16)37/h6,8,10,14-15,37H,4-5,7,9H2,1-3H3. The van der Waals surface area contributed by atoms with Crippen molar-refractivity contribution in [2.75, 3.05) is 18.0 Å². The molecule has 3 aromatic heterocycles. The van der Waals surface area contributed by atoms with Gasteiger partial charge in [0.1, 0.15) is 50.4 Å². The Morgan fingerprint density at radius 3 is 2.47 bits per heavy atom. The number of aromatic nitrogens is 6. The Balaban J connectivity index is 1.49. The van der Waals surface area contributed by atoms with Gasteiger partial charge in [-0.2, -0.15) is 10.1 Å². The van der Waals surface area contributed by atoms with E-state index < -0.39 is 33.9 Å². The van der Waals surface area contributed by atoms with Gasteiger partial charge in [-0.05, 0) is 44.5 Å². The van der Waals surface area contributed by atoms with Crippen molar-refractivity contribution in [2.45, 2.75) is 51.9 Å². The lowest BCUT2D eigenvalue weighted by Crippen LogP contribution is -2.43. The van der Waals surface area contributed by atoms with E-state index in [0.717, 1.165) is 18.4 Å². The van der Waals surface area contributed by atoms with Crippen LogP contribution in [0.5, 0.6) is 5.75 Å². The highest BCUT2D eigenvalue weighted by molar-refractivity contribution is 6.40. The van der Waals surface area contributed by atoms with Crippen molar-refractivity contribution in [3.63, 3.8) is 0 Å². The third-order valence-corrected chi connectivity index (χ3v) is 7.05. The predicted molar refractivity (Wildman–Crippen MR) is 138 cm³/mol. The fourth-order valence-corrected chi connectivity index (χ4v) is 4.71. The molecule has 2 aliphatic rings. The zero-order chi connectivity index (χ0) is 26.9. The van der Waals surface area contributed by atoms with E-state index in [4.69, 9.17) is 20.4 Å². The topological polar surface area (TPSA) is 102 Å². The number of halogens is 2. The summed E-state index contributed by atoms with van der Waals surface area (Å²) in [5, 5.41) is 15.2. The molecule has 2 atom stereocenters. The molecule has 13 heteroatoms. The molecule has 0 spiro atoms. The summed E-state index contributed by atoms with van der Waals surface area (Å²) in [4.78, 5) is 20.2. The highest BCUT2D eigenvalue weighted by atomic mass is 19.1. The van der Waals surface area contributed by atoms with E-state index in [2.05, 4.69) is 25.0 Å². The van der Waals surface area contributed by atoms with Gasteiger partial charge < -0.3 is 14.7 Å². The van der Waals surface area contributed by atoms with Crippen LogP contribution in [0.1, 0.15) is 48.9 Å². The van der Waals surface area contributed by atoms with Crippen molar-refractivity contribution >= 4 is 43.7 Å². The number of benzene rings is 1. The number of anilines is 1. The van der Waals surface area contributed by atoms with Crippen LogP contribution in [0.25, 0.3) is 22.4 Å². The quantitative estimate of drug-likeness (QED) is 0.413. The first-order valence-corrected chi connectivity index (χ1v) is 12.3. The minimum absolute atomic E-state index is 0.0914. The molecule has 1 aliphatic carbocycles. The van der Waals surface area contributed by atoms with Gasteiger partial charge in [0.2, 0.25) is 5.95 Å². The minimum atomic E-state index is -1.24. The molecule has 1 saturated heterocycles. The number of nitrogens with zero attached hydrogens (tertiary/aromatic N) is 7. The van der Waals surface area contributed by atoms with Crippen LogP contribution in [0, 0.1) is 25.5 Å². The van der Waals surface area contributed by atoms with Crippen molar-refractivity contribution in [1.29, 1.82) is 0 Å². The van der Waals surface area contributed by atoms with Crippen molar-refractivity contribution in [3.05, 3.63) is 41.0 Å². The van der Waals surface area contributed by atoms with Gasteiger partial charge in [-0.1, -0.05) is 0 Å². The molecule has 2 fully saturated rings. The van der Waals surface area contributed by atoms with Crippen LogP contribution in [0.4, 0.5) is 14.7 Å². The molecule has 1 aromatic carbocycles. The molecule has 0 bridgehead atoms. The first-order chi connectivity index (χ1) is 18.1. The fraction of sp³-hybridized carbons (Fsp3) is 0.400. The number of phenolic OH excluding ortho intramolecular Hbond substituents is 1. The maximum Gasteiger partial charge on any atom is 0.228 e. The van der Waals surface area contributed by atoms with E-state index in [1.54, 1.807) is 20.0 Å². The molecule has 1 saturated carbocycles. The van der Waals surface area contributed by atoms with Crippen LogP contribution in [0.3, 0.4) is 0 Å². The maximum atomic E-state index is 15.4. The van der Waals surface area contributed by atoms with Gasteiger partial charge in [0.15, 0.2) is 5.65 Å². The molecule has 6 rings (SSSR count). The number of phenols is 1. The number of aromatic hydroxyl groups is 1. The Hall–Kier alpha value is -3.60. The largest absolute Gasteiger partial charge is 0.508 e. The number of hydrogen-bond acceptors (Lipinski definition) is 8. The van der Waals surface area contributed by atoms with Crippen LogP contribution < -0.4 is 15.8 Å². The van der Waals surface area contributed by atoms with Gasteiger partial charge in [-0.3, -0.25) is 4.68 Å². The van der Waals surface area contributed by atoms with Crippen molar-refractivity contribution in [2.24, 2.45) is 0 Å². The van der Waals surface area contributed by atoms with Crippen LogP contribution in [0.15, 0.2) is 12.4 Å². The van der Waals surface area contributed by atoms with Crippen LogP contribution in [-0.2, 0) is 4.74 Å². The van der Waals surface area contributed by atoms with E-state index >= 15 is 4.39 Å². The Morgan fingerprint density at radius 2 is 1.74 bits per heavy atom. The fourth-order valence-electron chi connectivity index (χ4n) is 4.71. The molecule has 4 heterocycles. The second-order valence-electron chi connectivity index (χ2n) is 9.94. The van der Waals surface area contributed by atoms with E-state index in [1.807, 2.05) is 22.7 Å². The zero-order valence-electron chi connectivity index (χ0n) is 21.1. The van der Waals surface area contributed by atoms with Crippen molar-refractivity contribution in [1.82, 2.24) is 29.7 Å². The lowest BCUT2D eigenvalue weighted by atomic mass is 9.82. The van der Waals surface area contributed by atoms with Crippen LogP contribution in [-0.4, -0.2) is 69.7 Å². The highest BCUT2D eigenvalue weighted by Crippen LogP contribution is 2.37. The van der Waals surface area contributed by atoms with Crippen molar-refractivity contribution in [3.8, 4) is 17.0 Å². The third-order valence-electron chi connectivity index (χ3n) is 7.05. The summed E-state index contributed by atoms with van der Waals surface area (Å²) in [5.74, 6) is -3.03. The summed E-state index contributed by atoms with van der Waals surface area (Å²) >= 11 is 0. The second-order valence-corrected chi connectivity index (χ2v) is 9.94. The normalized spacial score (nSPS) is 19.9. The van der Waals surface area contributed by atoms with E-state index in [-0.39, 0.29) is 35.0 Å². The summed E-state index contributed by atoms with van der Waals surface area (Å²) in [6, 6.07) is 0.440. The van der Waals surface area contributed by atoms with Gasteiger partial charge >= 0.3 is 0 Å². The van der Waals surface area contributed by atoms with Crippen LogP contribution >= 0.6 is 0 Å². The molecule has 1 N–H and O–H groups in total. The van der Waals surface area contributed by atoms with Gasteiger partial charge in [0.25, 0.3) is 0 Å². The highest BCUT2D eigenvalue weighted by Gasteiger charge is 2.32. The summed E-state index contributed by atoms with van der Waals surface area (Å²) in [6.45, 7) is 6.29. The Bertz CT molecular complexity index is 1570. The number of ether oxygens (including phenoxy) is 1. The Morgan fingerprint density at radius 1 is 1.00 bits per heavy atom. The first-order valence-electron chi connectivity index (χ1n) is 12.3. The number of hydrogen-bond donors (Lipinski definition) is 1. The van der Waals surface area contributed by atoms with Gasteiger partial charge in [-0.15, -0.1) is 0 Å². The summed E-state index contributed by atoms with van der Waals surface area (Å²) < 4.78 is 37.8.